The molecule has 92 valence electrons. The Hall–Kier alpha value is -1.22. The van der Waals surface area contributed by atoms with Gasteiger partial charge in [-0.05, 0) is 44.5 Å². The summed E-state index contributed by atoms with van der Waals surface area (Å²) in [7, 11) is 1.73. The van der Waals surface area contributed by atoms with E-state index in [2.05, 4.69) is 4.90 Å². The summed E-state index contributed by atoms with van der Waals surface area (Å²) in [6, 6.07) is 6.58. The third-order valence-electron chi connectivity index (χ3n) is 3.84. The number of fused-ring (bicyclic) bond motifs is 1. The molecule has 0 saturated carbocycles. The standard InChI is InChI=1S/C14H19NO2/c1-16-13-5-4-6-14-12(13)9-11(10-17-14)15-7-2-3-8-15/h4-6,11H,2-3,7-10H2,1H3/t11-/m1/s1. The molecule has 1 fully saturated rings. The molecule has 3 heteroatoms. The second kappa shape index (κ2) is 4.57. The van der Waals surface area contributed by atoms with Crippen molar-refractivity contribution in [3.8, 4) is 11.5 Å². The van der Waals surface area contributed by atoms with Crippen molar-refractivity contribution in [2.24, 2.45) is 0 Å². The summed E-state index contributed by atoms with van der Waals surface area (Å²) < 4.78 is 11.3. The van der Waals surface area contributed by atoms with Crippen LogP contribution in [0.2, 0.25) is 0 Å². The Morgan fingerprint density at radius 3 is 2.88 bits per heavy atom. The summed E-state index contributed by atoms with van der Waals surface area (Å²) in [5.74, 6) is 1.96. The summed E-state index contributed by atoms with van der Waals surface area (Å²) in [4.78, 5) is 2.55. The first kappa shape index (κ1) is 10.9. The number of nitrogens with zero attached hydrogens (tertiary/aromatic N) is 1. The maximum absolute atomic E-state index is 5.87. The predicted molar refractivity (Wildman–Crippen MR) is 66.8 cm³/mol. The van der Waals surface area contributed by atoms with Crippen molar-refractivity contribution >= 4 is 0 Å². The molecule has 0 aliphatic carbocycles. The monoisotopic (exact) mass is 233 g/mol. The van der Waals surface area contributed by atoms with Crippen molar-refractivity contribution in [1.29, 1.82) is 0 Å². The molecule has 2 aliphatic heterocycles. The smallest absolute Gasteiger partial charge is 0.126 e. The number of rotatable bonds is 2. The Bertz CT molecular complexity index is 385. The van der Waals surface area contributed by atoms with Crippen LogP contribution in [0, 0.1) is 0 Å². The topological polar surface area (TPSA) is 21.7 Å². The largest absolute Gasteiger partial charge is 0.496 e. The average molecular weight is 233 g/mol. The van der Waals surface area contributed by atoms with Crippen LogP contribution < -0.4 is 9.47 Å². The van der Waals surface area contributed by atoms with Crippen LogP contribution in [-0.4, -0.2) is 37.7 Å². The average Bonchev–Trinajstić information content (AvgIpc) is 2.91. The molecular formula is C14H19NO2. The molecule has 2 aliphatic rings. The highest BCUT2D eigenvalue weighted by atomic mass is 16.5. The predicted octanol–water partition coefficient (Wildman–Crippen LogP) is 2.09. The van der Waals surface area contributed by atoms with Crippen molar-refractivity contribution < 1.29 is 9.47 Å². The van der Waals surface area contributed by atoms with Crippen LogP contribution >= 0.6 is 0 Å². The molecule has 0 radical (unpaired) electrons. The fourth-order valence-electron chi connectivity index (χ4n) is 2.89. The van der Waals surface area contributed by atoms with Crippen molar-refractivity contribution in [2.45, 2.75) is 25.3 Å². The minimum Gasteiger partial charge on any atom is -0.496 e. The molecule has 2 heterocycles. The Morgan fingerprint density at radius 1 is 1.29 bits per heavy atom. The lowest BCUT2D eigenvalue weighted by Gasteiger charge is -2.32. The molecule has 3 rings (SSSR count). The molecule has 3 nitrogen and oxygen atoms in total. The first-order valence-corrected chi connectivity index (χ1v) is 6.41. The highest BCUT2D eigenvalue weighted by Gasteiger charge is 2.28. The molecule has 0 bridgehead atoms. The van der Waals surface area contributed by atoms with E-state index < -0.39 is 0 Å². The van der Waals surface area contributed by atoms with Crippen LogP contribution in [-0.2, 0) is 6.42 Å². The number of likely N-dealkylation sites (tertiary alicyclic amines) is 1. The number of benzene rings is 1. The molecule has 1 saturated heterocycles. The van der Waals surface area contributed by atoms with Gasteiger partial charge in [-0.2, -0.15) is 0 Å². The van der Waals surface area contributed by atoms with Gasteiger partial charge in [0.05, 0.1) is 7.11 Å². The fraction of sp³-hybridized carbons (Fsp3) is 0.571. The summed E-state index contributed by atoms with van der Waals surface area (Å²) >= 11 is 0. The highest BCUT2D eigenvalue weighted by Crippen LogP contribution is 2.34. The number of ether oxygens (including phenoxy) is 2. The van der Waals surface area contributed by atoms with Gasteiger partial charge in [-0.25, -0.2) is 0 Å². The van der Waals surface area contributed by atoms with Crippen LogP contribution in [0.1, 0.15) is 18.4 Å². The molecule has 0 aromatic heterocycles. The maximum Gasteiger partial charge on any atom is 0.126 e. The zero-order valence-corrected chi connectivity index (χ0v) is 10.3. The highest BCUT2D eigenvalue weighted by molar-refractivity contribution is 5.46. The first-order chi connectivity index (χ1) is 8.38. The van der Waals surface area contributed by atoms with Gasteiger partial charge in [0.25, 0.3) is 0 Å². The van der Waals surface area contributed by atoms with Gasteiger partial charge in [-0.3, -0.25) is 4.90 Å². The van der Waals surface area contributed by atoms with Crippen molar-refractivity contribution in [1.82, 2.24) is 4.90 Å². The molecular weight excluding hydrogens is 214 g/mol. The SMILES string of the molecule is COc1cccc2c1C[C@@H](N1CCCC1)CO2. The van der Waals surface area contributed by atoms with Gasteiger partial charge in [0, 0.05) is 11.6 Å². The molecule has 17 heavy (non-hydrogen) atoms. The summed E-state index contributed by atoms with van der Waals surface area (Å²) in [6.45, 7) is 3.26. The molecule has 0 N–H and O–H groups in total. The van der Waals surface area contributed by atoms with Crippen LogP contribution in [0.5, 0.6) is 11.5 Å². The molecule has 1 atom stereocenters. The van der Waals surface area contributed by atoms with E-state index >= 15 is 0 Å². The number of methoxy groups -OCH3 is 1. The lowest BCUT2D eigenvalue weighted by atomic mass is 10.0. The molecule has 1 aromatic rings. The van der Waals surface area contributed by atoms with Crippen molar-refractivity contribution in [3.05, 3.63) is 23.8 Å². The molecule has 0 spiro atoms. The van der Waals surface area contributed by atoms with Crippen LogP contribution in [0.15, 0.2) is 18.2 Å². The molecule has 0 amide bonds. The van der Waals surface area contributed by atoms with E-state index in [0.29, 0.717) is 6.04 Å². The number of hydrogen-bond donors (Lipinski definition) is 0. The summed E-state index contributed by atoms with van der Waals surface area (Å²) in [5, 5.41) is 0. The van der Waals surface area contributed by atoms with Crippen LogP contribution in [0.25, 0.3) is 0 Å². The second-order valence-corrected chi connectivity index (χ2v) is 4.85. The Kier molecular flexibility index (Phi) is 2.93. The minimum atomic E-state index is 0.529. The van der Waals surface area contributed by atoms with Gasteiger partial charge in [-0.15, -0.1) is 0 Å². The van der Waals surface area contributed by atoms with Crippen molar-refractivity contribution in [2.75, 3.05) is 26.8 Å². The summed E-state index contributed by atoms with van der Waals surface area (Å²) in [6.07, 6.45) is 3.71. The van der Waals surface area contributed by atoms with Crippen molar-refractivity contribution in [3.63, 3.8) is 0 Å². The van der Waals surface area contributed by atoms with Gasteiger partial charge < -0.3 is 9.47 Å². The Labute approximate surface area is 102 Å². The van der Waals surface area contributed by atoms with Gasteiger partial charge in [0.1, 0.15) is 18.1 Å². The Morgan fingerprint density at radius 2 is 2.12 bits per heavy atom. The van der Waals surface area contributed by atoms with Crippen LogP contribution in [0.3, 0.4) is 0 Å². The quantitative estimate of drug-likeness (QED) is 0.780. The van der Waals surface area contributed by atoms with E-state index in [0.717, 1.165) is 24.5 Å². The lowest BCUT2D eigenvalue weighted by molar-refractivity contribution is 0.140. The van der Waals surface area contributed by atoms with Gasteiger partial charge in [0.2, 0.25) is 0 Å². The lowest BCUT2D eigenvalue weighted by Crippen LogP contribution is -2.41. The minimum absolute atomic E-state index is 0.529. The maximum atomic E-state index is 5.87. The van der Waals surface area contributed by atoms with E-state index in [4.69, 9.17) is 9.47 Å². The van der Waals surface area contributed by atoms with E-state index in [-0.39, 0.29) is 0 Å². The fourth-order valence-corrected chi connectivity index (χ4v) is 2.89. The van der Waals surface area contributed by atoms with Gasteiger partial charge in [0.15, 0.2) is 0 Å². The normalized spacial score (nSPS) is 24.2. The van der Waals surface area contributed by atoms with E-state index in [9.17, 15) is 0 Å². The third kappa shape index (κ3) is 2.00. The first-order valence-electron chi connectivity index (χ1n) is 6.41. The second-order valence-electron chi connectivity index (χ2n) is 4.85. The third-order valence-corrected chi connectivity index (χ3v) is 3.84. The van der Waals surface area contributed by atoms with E-state index in [1.807, 2.05) is 18.2 Å². The van der Waals surface area contributed by atoms with E-state index in [1.54, 1.807) is 7.11 Å². The number of hydrogen-bond acceptors (Lipinski definition) is 3. The van der Waals surface area contributed by atoms with Crippen LogP contribution in [0.4, 0.5) is 0 Å². The molecule has 1 aromatic carbocycles. The van der Waals surface area contributed by atoms with E-state index in [1.165, 1.54) is 31.5 Å². The van der Waals surface area contributed by atoms with Gasteiger partial charge >= 0.3 is 0 Å². The Balaban J connectivity index is 1.83. The summed E-state index contributed by atoms with van der Waals surface area (Å²) in [5.41, 5.74) is 1.23. The van der Waals surface area contributed by atoms with Gasteiger partial charge in [-0.1, -0.05) is 6.07 Å². The zero-order valence-electron chi connectivity index (χ0n) is 10.3. The zero-order chi connectivity index (χ0) is 11.7. The molecule has 0 unspecified atom stereocenters.